The quantitative estimate of drug-likeness (QED) is 0.519. The molecule has 148 valence electrons. The summed E-state index contributed by atoms with van der Waals surface area (Å²) in [5.41, 5.74) is 0.489. The van der Waals surface area contributed by atoms with E-state index in [0.29, 0.717) is 28.0 Å². The number of methoxy groups -OCH3 is 1. The second-order valence-electron chi connectivity index (χ2n) is 6.87. The van der Waals surface area contributed by atoms with Crippen LogP contribution < -0.4 is 16.0 Å². The van der Waals surface area contributed by atoms with Crippen LogP contribution in [0.25, 0.3) is 22.3 Å². The van der Waals surface area contributed by atoms with Crippen molar-refractivity contribution in [3.05, 3.63) is 75.3 Å². The summed E-state index contributed by atoms with van der Waals surface area (Å²) in [6, 6.07) is 14.1. The minimum atomic E-state index is -0.416. The molecule has 8 nitrogen and oxygen atoms in total. The zero-order chi connectivity index (χ0) is 20.5. The summed E-state index contributed by atoms with van der Waals surface area (Å²) in [7, 11) is 1.57. The Bertz CT molecular complexity index is 1300. The molecule has 0 aliphatic heterocycles. The van der Waals surface area contributed by atoms with Gasteiger partial charge in [0.2, 0.25) is 11.7 Å². The number of hydrogen-bond acceptors (Lipinski definition) is 6. The first-order chi connectivity index (χ1) is 14.0. The molecule has 0 saturated carbocycles. The Kier molecular flexibility index (Phi) is 4.75. The van der Waals surface area contributed by atoms with Gasteiger partial charge in [-0.25, -0.2) is 4.79 Å². The summed E-state index contributed by atoms with van der Waals surface area (Å²) in [4.78, 5) is 30.2. The van der Waals surface area contributed by atoms with Gasteiger partial charge in [0.05, 0.1) is 23.6 Å². The SMILES string of the molecule is COc1ccccc1-c1noc(Cn2c(=O)n(C(C)C)c(=O)c3ccccc32)n1. The van der Waals surface area contributed by atoms with Crippen molar-refractivity contribution < 1.29 is 9.26 Å². The van der Waals surface area contributed by atoms with Crippen LogP contribution in [0.15, 0.2) is 62.6 Å². The number of para-hydroxylation sites is 2. The summed E-state index contributed by atoms with van der Waals surface area (Å²) in [5.74, 6) is 1.25. The molecule has 0 fully saturated rings. The zero-order valence-electron chi connectivity index (χ0n) is 16.3. The van der Waals surface area contributed by atoms with E-state index >= 15 is 0 Å². The number of aromatic nitrogens is 4. The number of benzene rings is 2. The molecule has 0 aliphatic rings. The second kappa shape index (κ2) is 7.38. The van der Waals surface area contributed by atoms with Crippen LogP contribution in [0.5, 0.6) is 5.75 Å². The third kappa shape index (κ3) is 3.22. The standard InChI is InChI=1S/C21H20N4O4/c1-13(2)25-20(26)14-8-4-6-10-16(14)24(21(25)27)12-18-22-19(23-29-18)15-9-5-7-11-17(15)28-3/h4-11,13H,12H2,1-3H3. The van der Waals surface area contributed by atoms with Crippen molar-refractivity contribution in [2.24, 2.45) is 0 Å². The molecule has 0 aliphatic carbocycles. The first-order valence-electron chi connectivity index (χ1n) is 9.21. The van der Waals surface area contributed by atoms with Gasteiger partial charge in [-0.1, -0.05) is 29.4 Å². The largest absolute Gasteiger partial charge is 0.496 e. The maximum absolute atomic E-state index is 13.0. The van der Waals surface area contributed by atoms with Gasteiger partial charge in [-0.2, -0.15) is 4.98 Å². The molecule has 29 heavy (non-hydrogen) atoms. The van der Waals surface area contributed by atoms with Crippen molar-refractivity contribution in [1.82, 2.24) is 19.3 Å². The van der Waals surface area contributed by atoms with Crippen molar-refractivity contribution in [2.45, 2.75) is 26.4 Å². The van der Waals surface area contributed by atoms with Crippen molar-refractivity contribution >= 4 is 10.9 Å². The van der Waals surface area contributed by atoms with Gasteiger partial charge in [0.25, 0.3) is 5.56 Å². The highest BCUT2D eigenvalue weighted by Crippen LogP contribution is 2.27. The summed E-state index contributed by atoms with van der Waals surface area (Å²) in [6.07, 6.45) is 0. The monoisotopic (exact) mass is 392 g/mol. The Balaban J connectivity index is 1.83. The number of nitrogens with zero attached hydrogens (tertiary/aromatic N) is 4. The van der Waals surface area contributed by atoms with Crippen LogP contribution >= 0.6 is 0 Å². The molecular formula is C21H20N4O4. The lowest BCUT2D eigenvalue weighted by molar-refractivity contribution is 0.367. The third-order valence-electron chi connectivity index (χ3n) is 4.71. The Morgan fingerprint density at radius 3 is 2.55 bits per heavy atom. The van der Waals surface area contributed by atoms with E-state index in [1.807, 2.05) is 24.3 Å². The van der Waals surface area contributed by atoms with Gasteiger partial charge in [-0.15, -0.1) is 0 Å². The molecule has 0 atom stereocenters. The molecule has 2 aromatic carbocycles. The lowest BCUT2D eigenvalue weighted by Gasteiger charge is -2.14. The van der Waals surface area contributed by atoms with Crippen LogP contribution in [0.3, 0.4) is 0 Å². The van der Waals surface area contributed by atoms with Gasteiger partial charge < -0.3 is 9.26 Å². The van der Waals surface area contributed by atoms with Gasteiger partial charge >= 0.3 is 5.69 Å². The first-order valence-corrected chi connectivity index (χ1v) is 9.21. The van der Waals surface area contributed by atoms with Crippen LogP contribution in [-0.2, 0) is 6.54 Å². The van der Waals surface area contributed by atoms with E-state index in [4.69, 9.17) is 9.26 Å². The molecule has 0 amide bonds. The number of fused-ring (bicyclic) bond motifs is 1. The van der Waals surface area contributed by atoms with Gasteiger partial charge in [-0.05, 0) is 38.1 Å². The second-order valence-corrected chi connectivity index (χ2v) is 6.87. The van der Waals surface area contributed by atoms with Gasteiger partial charge in [0.1, 0.15) is 12.3 Å². The fourth-order valence-electron chi connectivity index (χ4n) is 3.34. The van der Waals surface area contributed by atoms with Gasteiger partial charge in [0, 0.05) is 6.04 Å². The molecule has 8 heteroatoms. The maximum atomic E-state index is 13.0. The molecule has 4 rings (SSSR count). The fraction of sp³-hybridized carbons (Fsp3) is 0.238. The van der Waals surface area contributed by atoms with Crippen LogP contribution in [0.4, 0.5) is 0 Å². The van der Waals surface area contributed by atoms with Crippen LogP contribution in [-0.4, -0.2) is 26.4 Å². The fourth-order valence-corrected chi connectivity index (χ4v) is 3.34. The summed E-state index contributed by atoms with van der Waals surface area (Å²) < 4.78 is 13.5. The van der Waals surface area contributed by atoms with Crippen molar-refractivity contribution in [1.29, 1.82) is 0 Å². The third-order valence-corrected chi connectivity index (χ3v) is 4.71. The van der Waals surface area contributed by atoms with Crippen molar-refractivity contribution in [3.8, 4) is 17.1 Å². The molecule has 0 bridgehead atoms. The molecule has 0 N–H and O–H groups in total. The summed E-state index contributed by atoms with van der Waals surface area (Å²) in [6.45, 7) is 3.65. The number of ether oxygens (including phenoxy) is 1. The van der Waals surface area contributed by atoms with Crippen LogP contribution in [0.2, 0.25) is 0 Å². The van der Waals surface area contributed by atoms with E-state index in [9.17, 15) is 9.59 Å². The molecule has 2 aromatic heterocycles. The minimum Gasteiger partial charge on any atom is -0.496 e. The predicted octanol–water partition coefficient (Wildman–Crippen LogP) is 2.85. The van der Waals surface area contributed by atoms with Gasteiger partial charge in [0.15, 0.2) is 0 Å². The molecule has 4 aromatic rings. The molecule has 0 saturated heterocycles. The van der Waals surface area contributed by atoms with Crippen LogP contribution in [0, 0.1) is 0 Å². The number of rotatable bonds is 5. The Morgan fingerprint density at radius 1 is 1.07 bits per heavy atom. The highest BCUT2D eigenvalue weighted by atomic mass is 16.5. The Morgan fingerprint density at radius 2 is 1.79 bits per heavy atom. The van der Waals surface area contributed by atoms with E-state index in [1.165, 1.54) is 9.13 Å². The summed E-state index contributed by atoms with van der Waals surface area (Å²) >= 11 is 0. The smallest absolute Gasteiger partial charge is 0.332 e. The van der Waals surface area contributed by atoms with Crippen LogP contribution in [0.1, 0.15) is 25.8 Å². The normalized spacial score (nSPS) is 11.3. The topological polar surface area (TPSA) is 92.2 Å². The highest BCUT2D eigenvalue weighted by Gasteiger charge is 2.18. The molecule has 0 unspecified atom stereocenters. The highest BCUT2D eigenvalue weighted by molar-refractivity contribution is 5.77. The Labute approximate surface area is 166 Å². The lowest BCUT2D eigenvalue weighted by Crippen LogP contribution is -2.41. The molecule has 2 heterocycles. The van der Waals surface area contributed by atoms with Gasteiger partial charge in [-0.3, -0.25) is 13.9 Å². The van der Waals surface area contributed by atoms with E-state index in [2.05, 4.69) is 10.1 Å². The van der Waals surface area contributed by atoms with Crippen molar-refractivity contribution in [3.63, 3.8) is 0 Å². The van der Waals surface area contributed by atoms with Crippen molar-refractivity contribution in [2.75, 3.05) is 7.11 Å². The maximum Gasteiger partial charge on any atom is 0.332 e. The Hall–Kier alpha value is -3.68. The van der Waals surface area contributed by atoms with E-state index in [0.717, 1.165) is 0 Å². The minimum absolute atomic E-state index is 0.0501. The predicted molar refractivity (Wildman–Crippen MR) is 108 cm³/mol. The summed E-state index contributed by atoms with van der Waals surface area (Å²) in [5, 5.41) is 4.49. The van der Waals surface area contributed by atoms with E-state index in [-0.39, 0.29) is 24.0 Å². The zero-order valence-corrected chi connectivity index (χ0v) is 16.3. The molecular weight excluding hydrogens is 372 g/mol. The lowest BCUT2D eigenvalue weighted by atomic mass is 10.2. The molecule has 0 radical (unpaired) electrons. The number of hydrogen-bond donors (Lipinski definition) is 0. The van der Waals surface area contributed by atoms with E-state index in [1.54, 1.807) is 45.2 Å². The average molecular weight is 392 g/mol. The first kappa shape index (κ1) is 18.7. The average Bonchev–Trinajstić information content (AvgIpc) is 3.19. The van der Waals surface area contributed by atoms with E-state index < -0.39 is 5.69 Å². The molecule has 0 spiro atoms.